The van der Waals surface area contributed by atoms with Crippen LogP contribution in [-0.2, 0) is 0 Å². The van der Waals surface area contributed by atoms with Crippen molar-refractivity contribution in [2.24, 2.45) is 28.9 Å². The Labute approximate surface area is 74.7 Å². The fourth-order valence-electron chi connectivity index (χ4n) is 4.00. The molecule has 0 aromatic heterocycles. The average Bonchev–Trinajstić information content (AvgIpc) is 2.76. The van der Waals surface area contributed by atoms with Gasteiger partial charge in [0, 0.05) is 6.04 Å². The van der Waals surface area contributed by atoms with Crippen LogP contribution in [0.3, 0.4) is 0 Å². The van der Waals surface area contributed by atoms with Crippen molar-refractivity contribution in [1.82, 2.24) is 0 Å². The molecule has 3 aliphatic rings. The predicted octanol–water partition coefficient (Wildman–Crippen LogP) is 2.16. The summed E-state index contributed by atoms with van der Waals surface area (Å²) < 4.78 is 0. The lowest BCUT2D eigenvalue weighted by atomic mass is 9.68. The summed E-state index contributed by atoms with van der Waals surface area (Å²) in [5.41, 5.74) is 6.90. The summed E-state index contributed by atoms with van der Waals surface area (Å²) in [7, 11) is 0. The van der Waals surface area contributed by atoms with E-state index < -0.39 is 0 Å². The molecule has 2 N–H and O–H groups in total. The Hall–Kier alpha value is -0.0400. The van der Waals surface area contributed by atoms with E-state index in [1.54, 1.807) is 0 Å². The molecule has 3 rings (SSSR count). The normalized spacial score (nSPS) is 58.0. The Morgan fingerprint density at radius 3 is 2.25 bits per heavy atom. The smallest absolute Gasteiger partial charge is 0.0127 e. The fraction of sp³-hybridized carbons (Fsp3) is 1.00. The molecule has 0 radical (unpaired) electrons. The SMILES string of the molecule is CC1(C2CC2)[C@H]2CC[C@H](C2)[C@H]1N. The highest BCUT2D eigenvalue weighted by molar-refractivity contribution is 5.11. The number of fused-ring (bicyclic) bond motifs is 2. The molecule has 0 heterocycles. The van der Waals surface area contributed by atoms with E-state index >= 15 is 0 Å². The second-order valence-electron chi connectivity index (χ2n) is 5.44. The highest BCUT2D eigenvalue weighted by Crippen LogP contribution is 2.63. The Morgan fingerprint density at radius 2 is 1.75 bits per heavy atom. The first-order chi connectivity index (χ1) is 5.73. The second-order valence-corrected chi connectivity index (χ2v) is 5.44. The van der Waals surface area contributed by atoms with Crippen LogP contribution in [0.5, 0.6) is 0 Å². The van der Waals surface area contributed by atoms with Crippen LogP contribution in [0.15, 0.2) is 0 Å². The first kappa shape index (κ1) is 7.37. The molecule has 3 saturated carbocycles. The molecule has 12 heavy (non-hydrogen) atoms. The van der Waals surface area contributed by atoms with Gasteiger partial charge in [0.1, 0.15) is 0 Å². The molecule has 1 unspecified atom stereocenters. The third-order valence-electron chi connectivity index (χ3n) is 5.04. The lowest BCUT2D eigenvalue weighted by Crippen LogP contribution is -2.45. The standard InChI is InChI=1S/C11H19N/c1-11(8-4-5-8)9-3-2-7(6-9)10(11)12/h7-10H,2-6,12H2,1H3/t7-,9+,10-,11?/m1/s1. The highest BCUT2D eigenvalue weighted by Gasteiger charge is 2.59. The van der Waals surface area contributed by atoms with Crippen molar-refractivity contribution >= 4 is 0 Å². The van der Waals surface area contributed by atoms with Crippen molar-refractivity contribution in [2.45, 2.75) is 45.1 Å². The van der Waals surface area contributed by atoms with Gasteiger partial charge in [-0.2, -0.15) is 0 Å². The molecular formula is C11H19N. The Kier molecular flexibility index (Phi) is 1.27. The van der Waals surface area contributed by atoms with E-state index in [-0.39, 0.29) is 0 Å². The summed E-state index contributed by atoms with van der Waals surface area (Å²) in [4.78, 5) is 0. The molecule has 1 nitrogen and oxygen atoms in total. The van der Waals surface area contributed by atoms with Crippen LogP contribution in [0.4, 0.5) is 0 Å². The van der Waals surface area contributed by atoms with Crippen LogP contribution in [0.1, 0.15) is 39.0 Å². The zero-order valence-electron chi connectivity index (χ0n) is 7.92. The van der Waals surface area contributed by atoms with Gasteiger partial charge in [0.15, 0.2) is 0 Å². The molecule has 1 heteroatoms. The zero-order valence-corrected chi connectivity index (χ0v) is 7.92. The van der Waals surface area contributed by atoms with Crippen molar-refractivity contribution < 1.29 is 0 Å². The molecule has 68 valence electrons. The number of nitrogens with two attached hydrogens (primary N) is 1. The summed E-state index contributed by atoms with van der Waals surface area (Å²) in [6.45, 7) is 2.47. The minimum absolute atomic E-state index is 0.545. The lowest BCUT2D eigenvalue weighted by molar-refractivity contribution is 0.125. The lowest BCUT2D eigenvalue weighted by Gasteiger charge is -2.39. The summed E-state index contributed by atoms with van der Waals surface area (Å²) in [6.07, 6.45) is 7.29. The van der Waals surface area contributed by atoms with E-state index in [1.165, 1.54) is 32.1 Å². The molecule has 4 atom stereocenters. The fourth-order valence-corrected chi connectivity index (χ4v) is 4.00. The minimum Gasteiger partial charge on any atom is -0.327 e. The Morgan fingerprint density at radius 1 is 1.08 bits per heavy atom. The second kappa shape index (κ2) is 2.06. The van der Waals surface area contributed by atoms with Crippen LogP contribution < -0.4 is 5.73 Å². The minimum atomic E-state index is 0.545. The third-order valence-corrected chi connectivity index (χ3v) is 5.04. The molecule has 3 aliphatic carbocycles. The van der Waals surface area contributed by atoms with E-state index in [0.29, 0.717) is 11.5 Å². The Balaban J connectivity index is 1.93. The van der Waals surface area contributed by atoms with Crippen molar-refractivity contribution in [3.05, 3.63) is 0 Å². The van der Waals surface area contributed by atoms with Gasteiger partial charge in [0.2, 0.25) is 0 Å². The number of hydrogen-bond donors (Lipinski definition) is 1. The van der Waals surface area contributed by atoms with Gasteiger partial charge in [-0.05, 0) is 55.3 Å². The summed E-state index contributed by atoms with van der Waals surface area (Å²) in [5.74, 6) is 2.88. The van der Waals surface area contributed by atoms with E-state index in [4.69, 9.17) is 5.73 Å². The maximum atomic E-state index is 6.34. The molecule has 0 aromatic rings. The van der Waals surface area contributed by atoms with Gasteiger partial charge in [-0.1, -0.05) is 6.92 Å². The molecule has 2 bridgehead atoms. The summed E-state index contributed by atoms with van der Waals surface area (Å²) in [5, 5.41) is 0. The first-order valence-electron chi connectivity index (χ1n) is 5.48. The van der Waals surface area contributed by atoms with Crippen molar-refractivity contribution in [2.75, 3.05) is 0 Å². The summed E-state index contributed by atoms with van der Waals surface area (Å²) >= 11 is 0. The highest BCUT2D eigenvalue weighted by atomic mass is 14.8. The van der Waals surface area contributed by atoms with Crippen LogP contribution in [-0.4, -0.2) is 6.04 Å². The van der Waals surface area contributed by atoms with Gasteiger partial charge < -0.3 is 5.73 Å². The molecular weight excluding hydrogens is 146 g/mol. The van der Waals surface area contributed by atoms with Crippen molar-refractivity contribution in [3.8, 4) is 0 Å². The zero-order chi connectivity index (χ0) is 8.34. The van der Waals surface area contributed by atoms with Gasteiger partial charge in [-0.15, -0.1) is 0 Å². The largest absolute Gasteiger partial charge is 0.327 e. The van der Waals surface area contributed by atoms with Gasteiger partial charge >= 0.3 is 0 Å². The molecule has 0 saturated heterocycles. The molecule has 3 fully saturated rings. The topological polar surface area (TPSA) is 26.0 Å². The van der Waals surface area contributed by atoms with Gasteiger partial charge in [0.25, 0.3) is 0 Å². The predicted molar refractivity (Wildman–Crippen MR) is 49.6 cm³/mol. The molecule has 0 spiro atoms. The molecule has 0 aliphatic heterocycles. The van der Waals surface area contributed by atoms with E-state index in [2.05, 4.69) is 6.92 Å². The van der Waals surface area contributed by atoms with E-state index in [9.17, 15) is 0 Å². The average molecular weight is 165 g/mol. The molecule has 0 amide bonds. The van der Waals surface area contributed by atoms with E-state index in [0.717, 1.165) is 17.8 Å². The quantitative estimate of drug-likeness (QED) is 0.633. The van der Waals surface area contributed by atoms with Crippen LogP contribution in [0.25, 0.3) is 0 Å². The monoisotopic (exact) mass is 165 g/mol. The van der Waals surface area contributed by atoms with Crippen molar-refractivity contribution in [3.63, 3.8) is 0 Å². The van der Waals surface area contributed by atoms with Gasteiger partial charge in [0.05, 0.1) is 0 Å². The number of rotatable bonds is 1. The maximum Gasteiger partial charge on any atom is 0.0127 e. The van der Waals surface area contributed by atoms with E-state index in [1.807, 2.05) is 0 Å². The first-order valence-corrected chi connectivity index (χ1v) is 5.48. The molecule has 0 aromatic carbocycles. The maximum absolute atomic E-state index is 6.34. The third kappa shape index (κ3) is 0.693. The van der Waals surface area contributed by atoms with Crippen molar-refractivity contribution in [1.29, 1.82) is 0 Å². The van der Waals surface area contributed by atoms with Gasteiger partial charge in [-0.3, -0.25) is 0 Å². The van der Waals surface area contributed by atoms with Crippen LogP contribution in [0, 0.1) is 23.2 Å². The Bertz CT molecular complexity index is 205. The van der Waals surface area contributed by atoms with Crippen LogP contribution >= 0.6 is 0 Å². The van der Waals surface area contributed by atoms with Gasteiger partial charge in [-0.25, -0.2) is 0 Å². The summed E-state index contributed by atoms with van der Waals surface area (Å²) in [6, 6.07) is 0.545. The number of hydrogen-bond acceptors (Lipinski definition) is 1. The van der Waals surface area contributed by atoms with Crippen LogP contribution in [0.2, 0.25) is 0 Å².